The molecule has 0 heterocycles. The van der Waals surface area contributed by atoms with E-state index >= 15 is 0 Å². The first-order chi connectivity index (χ1) is 15.4. The van der Waals surface area contributed by atoms with Gasteiger partial charge in [-0.2, -0.15) is 0 Å². The maximum Gasteiger partial charge on any atom is 0.193 e. The zero-order chi connectivity index (χ0) is 24.6. The van der Waals surface area contributed by atoms with Gasteiger partial charge in [0.1, 0.15) is 11.2 Å². The van der Waals surface area contributed by atoms with Gasteiger partial charge in [0.25, 0.3) is 0 Å². The lowest BCUT2D eigenvalue weighted by atomic mass is 9.94. The molecule has 5 nitrogen and oxygen atoms in total. The SMILES string of the molecule is CCCCCCC(OCc1ccc(C(=O)C(C)(C)O)cc1)c1ccc(C(=O)C(C)(C)O)cc1. The zero-order valence-electron chi connectivity index (χ0n) is 20.6. The van der Waals surface area contributed by atoms with Gasteiger partial charge in [-0.1, -0.05) is 81.1 Å². The van der Waals surface area contributed by atoms with E-state index in [1.807, 2.05) is 24.3 Å². The van der Waals surface area contributed by atoms with Crippen LogP contribution in [-0.4, -0.2) is 33.0 Å². The van der Waals surface area contributed by atoms with Gasteiger partial charge in [0, 0.05) is 11.1 Å². The first kappa shape index (κ1) is 26.9. The second-order valence-corrected chi connectivity index (χ2v) is 9.74. The van der Waals surface area contributed by atoms with Gasteiger partial charge in [0.05, 0.1) is 12.7 Å². The third-order valence-electron chi connectivity index (χ3n) is 5.64. The number of carbonyl (C=O) groups excluding carboxylic acids is 2. The van der Waals surface area contributed by atoms with Crippen molar-refractivity contribution in [3.05, 3.63) is 70.8 Å². The minimum atomic E-state index is -1.41. The second kappa shape index (κ2) is 11.7. The fourth-order valence-corrected chi connectivity index (χ4v) is 3.61. The van der Waals surface area contributed by atoms with E-state index in [4.69, 9.17) is 4.74 Å². The van der Waals surface area contributed by atoms with Crippen molar-refractivity contribution in [3.8, 4) is 0 Å². The molecule has 33 heavy (non-hydrogen) atoms. The van der Waals surface area contributed by atoms with Gasteiger partial charge in [0.2, 0.25) is 0 Å². The van der Waals surface area contributed by atoms with Crippen LogP contribution in [0.25, 0.3) is 0 Å². The normalized spacial score (nSPS) is 13.1. The van der Waals surface area contributed by atoms with Crippen LogP contribution in [0.4, 0.5) is 0 Å². The average molecular weight is 455 g/mol. The number of rotatable bonds is 13. The summed E-state index contributed by atoms with van der Waals surface area (Å²) in [4.78, 5) is 24.5. The third-order valence-corrected chi connectivity index (χ3v) is 5.64. The summed E-state index contributed by atoms with van der Waals surface area (Å²) in [5.74, 6) is -0.625. The highest BCUT2D eigenvalue weighted by Gasteiger charge is 2.26. The fraction of sp³-hybridized carbons (Fsp3) is 0.500. The predicted molar refractivity (Wildman–Crippen MR) is 130 cm³/mol. The van der Waals surface area contributed by atoms with Crippen LogP contribution >= 0.6 is 0 Å². The molecule has 0 spiro atoms. The maximum atomic E-state index is 12.3. The Morgan fingerprint density at radius 1 is 0.788 bits per heavy atom. The molecule has 0 fully saturated rings. The summed E-state index contributed by atoms with van der Waals surface area (Å²) in [5, 5.41) is 19.9. The molecule has 0 aliphatic heterocycles. The van der Waals surface area contributed by atoms with Crippen molar-refractivity contribution in [1.29, 1.82) is 0 Å². The Morgan fingerprint density at radius 2 is 1.27 bits per heavy atom. The smallest absolute Gasteiger partial charge is 0.193 e. The Balaban J connectivity index is 2.11. The summed E-state index contributed by atoms with van der Waals surface area (Å²) in [6.45, 7) is 8.51. The summed E-state index contributed by atoms with van der Waals surface area (Å²) in [6, 6.07) is 14.4. The molecule has 2 N–H and O–H groups in total. The molecule has 0 amide bonds. The Bertz CT molecular complexity index is 899. The van der Waals surface area contributed by atoms with E-state index in [2.05, 4.69) is 6.92 Å². The van der Waals surface area contributed by atoms with Gasteiger partial charge >= 0.3 is 0 Å². The molecule has 0 radical (unpaired) electrons. The van der Waals surface area contributed by atoms with Crippen molar-refractivity contribution in [3.63, 3.8) is 0 Å². The van der Waals surface area contributed by atoms with Crippen LogP contribution in [0.1, 0.15) is 105 Å². The first-order valence-corrected chi connectivity index (χ1v) is 11.8. The molecule has 0 aliphatic carbocycles. The lowest BCUT2D eigenvalue weighted by Crippen LogP contribution is -2.31. The quantitative estimate of drug-likeness (QED) is 0.294. The molecule has 0 aliphatic rings. The molecular formula is C28H38O5. The molecular weight excluding hydrogens is 416 g/mol. The highest BCUT2D eigenvalue weighted by molar-refractivity contribution is 6.02. The van der Waals surface area contributed by atoms with Gasteiger partial charge in [-0.3, -0.25) is 9.59 Å². The van der Waals surface area contributed by atoms with Crippen molar-refractivity contribution in [2.75, 3.05) is 0 Å². The molecule has 1 unspecified atom stereocenters. The lowest BCUT2D eigenvalue weighted by molar-refractivity contribution is 0.0320. The van der Waals surface area contributed by atoms with E-state index in [0.29, 0.717) is 17.7 Å². The third kappa shape index (κ3) is 8.18. The molecule has 1 atom stereocenters. The highest BCUT2D eigenvalue weighted by Crippen LogP contribution is 2.27. The summed E-state index contributed by atoms with van der Waals surface area (Å²) in [5.41, 5.74) is 0.0660. The minimum Gasteiger partial charge on any atom is -0.382 e. The number of hydrogen-bond acceptors (Lipinski definition) is 5. The van der Waals surface area contributed by atoms with Crippen LogP contribution in [0.15, 0.2) is 48.5 Å². The number of carbonyl (C=O) groups is 2. The number of benzene rings is 2. The van der Waals surface area contributed by atoms with Crippen molar-refractivity contribution < 1.29 is 24.5 Å². The van der Waals surface area contributed by atoms with Crippen molar-refractivity contribution in [2.24, 2.45) is 0 Å². The van der Waals surface area contributed by atoms with Gasteiger partial charge < -0.3 is 14.9 Å². The number of Topliss-reactive ketones (excluding diaryl/α,β-unsaturated/α-hetero) is 2. The number of ketones is 2. The van der Waals surface area contributed by atoms with Crippen LogP contribution in [-0.2, 0) is 11.3 Å². The van der Waals surface area contributed by atoms with Crippen molar-refractivity contribution in [2.45, 2.75) is 90.6 Å². The topological polar surface area (TPSA) is 83.8 Å². The number of hydrogen-bond donors (Lipinski definition) is 2. The predicted octanol–water partition coefficient (Wildman–Crippen LogP) is 5.82. The van der Waals surface area contributed by atoms with Crippen molar-refractivity contribution >= 4 is 11.6 Å². The molecule has 2 aromatic rings. The van der Waals surface area contributed by atoms with Crippen LogP contribution < -0.4 is 0 Å². The summed E-state index contributed by atoms with van der Waals surface area (Å²) >= 11 is 0. The van der Waals surface area contributed by atoms with E-state index in [1.54, 1.807) is 24.3 Å². The largest absolute Gasteiger partial charge is 0.382 e. The monoisotopic (exact) mass is 454 g/mol. The average Bonchev–Trinajstić information content (AvgIpc) is 2.77. The Labute approximate surface area is 197 Å². The van der Waals surface area contributed by atoms with Crippen LogP contribution in [0.2, 0.25) is 0 Å². The van der Waals surface area contributed by atoms with Gasteiger partial charge in [-0.05, 0) is 45.2 Å². The molecule has 2 rings (SSSR count). The Hall–Kier alpha value is -2.34. The van der Waals surface area contributed by atoms with Crippen molar-refractivity contribution in [1.82, 2.24) is 0 Å². The minimum absolute atomic E-state index is 0.120. The number of unbranched alkanes of at least 4 members (excludes halogenated alkanes) is 3. The second-order valence-electron chi connectivity index (χ2n) is 9.74. The fourth-order valence-electron chi connectivity index (χ4n) is 3.61. The molecule has 0 saturated heterocycles. The molecule has 0 aromatic heterocycles. The molecule has 0 bridgehead atoms. The molecule has 2 aromatic carbocycles. The zero-order valence-corrected chi connectivity index (χ0v) is 20.6. The summed E-state index contributed by atoms with van der Waals surface area (Å²) < 4.78 is 6.26. The maximum absolute atomic E-state index is 12.3. The summed E-state index contributed by atoms with van der Waals surface area (Å²) in [6.07, 6.45) is 5.28. The Morgan fingerprint density at radius 3 is 1.73 bits per heavy atom. The van der Waals surface area contributed by atoms with E-state index in [0.717, 1.165) is 36.8 Å². The number of aliphatic hydroxyl groups is 2. The van der Waals surface area contributed by atoms with E-state index in [1.165, 1.54) is 34.1 Å². The van der Waals surface area contributed by atoms with Crippen LogP contribution in [0.5, 0.6) is 0 Å². The standard InChI is InChI=1S/C28H38O5/c1-6-7-8-9-10-24(21-15-17-23(18-16-21)26(30)28(4,5)32)33-19-20-11-13-22(14-12-20)25(29)27(2,3)31/h11-18,24,31-32H,6-10,19H2,1-5H3. The van der Waals surface area contributed by atoms with Gasteiger partial charge in [-0.25, -0.2) is 0 Å². The van der Waals surface area contributed by atoms with Gasteiger partial charge in [-0.15, -0.1) is 0 Å². The van der Waals surface area contributed by atoms with E-state index in [9.17, 15) is 19.8 Å². The molecule has 0 saturated carbocycles. The lowest BCUT2D eigenvalue weighted by Gasteiger charge is -2.20. The van der Waals surface area contributed by atoms with Crippen LogP contribution in [0.3, 0.4) is 0 Å². The van der Waals surface area contributed by atoms with Crippen LogP contribution in [0, 0.1) is 0 Å². The van der Waals surface area contributed by atoms with E-state index in [-0.39, 0.29) is 17.7 Å². The Kier molecular flexibility index (Phi) is 9.53. The van der Waals surface area contributed by atoms with E-state index < -0.39 is 11.2 Å². The highest BCUT2D eigenvalue weighted by atomic mass is 16.5. The summed E-state index contributed by atoms with van der Waals surface area (Å²) in [7, 11) is 0. The first-order valence-electron chi connectivity index (χ1n) is 11.8. The molecule has 5 heteroatoms. The van der Waals surface area contributed by atoms with Gasteiger partial charge in [0.15, 0.2) is 11.6 Å². The number of ether oxygens (including phenoxy) is 1. The molecule has 180 valence electrons.